The van der Waals surface area contributed by atoms with E-state index in [0.29, 0.717) is 12.3 Å². The molecule has 0 aromatic carbocycles. The minimum atomic E-state index is -1.09. The van der Waals surface area contributed by atoms with E-state index in [1.54, 1.807) is 0 Å². The van der Waals surface area contributed by atoms with Gasteiger partial charge in [0.2, 0.25) is 0 Å². The van der Waals surface area contributed by atoms with Gasteiger partial charge in [0.1, 0.15) is 5.67 Å². The van der Waals surface area contributed by atoms with Gasteiger partial charge in [-0.2, -0.15) is 0 Å². The summed E-state index contributed by atoms with van der Waals surface area (Å²) < 4.78 is 14.2. The van der Waals surface area contributed by atoms with E-state index < -0.39 is 5.67 Å². The molecule has 0 amide bonds. The maximum absolute atomic E-state index is 14.2. The summed E-state index contributed by atoms with van der Waals surface area (Å²) >= 11 is 0. The molecule has 1 aliphatic rings. The fourth-order valence-corrected chi connectivity index (χ4v) is 2.50. The molecule has 2 N–H and O–H groups in total. The second-order valence-corrected chi connectivity index (χ2v) is 4.56. The van der Waals surface area contributed by atoms with E-state index in [9.17, 15) is 4.39 Å². The van der Waals surface area contributed by atoms with E-state index in [1.807, 2.05) is 6.92 Å². The lowest BCUT2D eigenvalue weighted by molar-refractivity contribution is 0.0471. The van der Waals surface area contributed by atoms with E-state index in [0.717, 1.165) is 12.8 Å². The van der Waals surface area contributed by atoms with Crippen molar-refractivity contribution in [1.82, 2.24) is 0 Å². The third kappa shape index (κ3) is 2.43. The molecular formula is C11H22FN. The SMILES string of the molecule is CCC(F)(CN)C1CCCC(C)C1. The minimum Gasteiger partial charge on any atom is -0.328 e. The van der Waals surface area contributed by atoms with Gasteiger partial charge < -0.3 is 5.73 Å². The highest BCUT2D eigenvalue weighted by Crippen LogP contribution is 2.39. The van der Waals surface area contributed by atoms with Crippen LogP contribution in [0.5, 0.6) is 0 Å². The zero-order chi connectivity index (χ0) is 9.90. The first-order valence-corrected chi connectivity index (χ1v) is 5.51. The Morgan fingerprint density at radius 2 is 2.15 bits per heavy atom. The van der Waals surface area contributed by atoms with Crippen molar-refractivity contribution in [3.63, 3.8) is 0 Å². The highest BCUT2D eigenvalue weighted by atomic mass is 19.1. The molecule has 2 heteroatoms. The first-order chi connectivity index (χ1) is 6.12. The van der Waals surface area contributed by atoms with Gasteiger partial charge in [0.25, 0.3) is 0 Å². The summed E-state index contributed by atoms with van der Waals surface area (Å²) in [5, 5.41) is 0. The van der Waals surface area contributed by atoms with Crippen molar-refractivity contribution in [3.05, 3.63) is 0 Å². The Kier molecular flexibility index (Phi) is 3.72. The minimum absolute atomic E-state index is 0.195. The standard InChI is InChI=1S/C11H22FN/c1-3-11(12,8-13)10-6-4-5-9(2)7-10/h9-10H,3-8,13H2,1-2H3. The van der Waals surface area contributed by atoms with Crippen molar-refractivity contribution >= 4 is 0 Å². The first kappa shape index (κ1) is 11.0. The highest BCUT2D eigenvalue weighted by Gasteiger charge is 2.37. The lowest BCUT2D eigenvalue weighted by atomic mass is 9.73. The van der Waals surface area contributed by atoms with Crippen molar-refractivity contribution in [2.45, 2.75) is 51.6 Å². The van der Waals surface area contributed by atoms with E-state index in [4.69, 9.17) is 5.73 Å². The van der Waals surface area contributed by atoms with Crippen LogP contribution < -0.4 is 5.73 Å². The van der Waals surface area contributed by atoms with Gasteiger partial charge in [-0.15, -0.1) is 0 Å². The van der Waals surface area contributed by atoms with Crippen LogP contribution in [0.4, 0.5) is 4.39 Å². The van der Waals surface area contributed by atoms with E-state index in [2.05, 4.69) is 6.92 Å². The molecule has 1 rings (SSSR count). The van der Waals surface area contributed by atoms with Gasteiger partial charge >= 0.3 is 0 Å². The largest absolute Gasteiger partial charge is 0.328 e. The fourth-order valence-electron chi connectivity index (χ4n) is 2.50. The Morgan fingerprint density at radius 1 is 1.46 bits per heavy atom. The maximum Gasteiger partial charge on any atom is 0.125 e. The Bertz CT molecular complexity index is 154. The molecule has 0 aliphatic heterocycles. The van der Waals surface area contributed by atoms with Crippen LogP contribution in [0.25, 0.3) is 0 Å². The second-order valence-electron chi connectivity index (χ2n) is 4.56. The van der Waals surface area contributed by atoms with Crippen LogP contribution >= 0.6 is 0 Å². The number of rotatable bonds is 3. The number of halogens is 1. The van der Waals surface area contributed by atoms with Crippen LogP contribution in [0.3, 0.4) is 0 Å². The second kappa shape index (κ2) is 4.41. The quantitative estimate of drug-likeness (QED) is 0.722. The number of hydrogen-bond donors (Lipinski definition) is 1. The van der Waals surface area contributed by atoms with E-state index >= 15 is 0 Å². The summed E-state index contributed by atoms with van der Waals surface area (Å²) in [7, 11) is 0. The molecule has 0 bridgehead atoms. The number of nitrogens with two attached hydrogens (primary N) is 1. The molecule has 0 aromatic rings. The zero-order valence-corrected chi connectivity index (χ0v) is 8.85. The summed E-state index contributed by atoms with van der Waals surface area (Å²) in [6.07, 6.45) is 5.08. The molecule has 13 heavy (non-hydrogen) atoms. The highest BCUT2D eigenvalue weighted by molar-refractivity contribution is 4.89. The van der Waals surface area contributed by atoms with Gasteiger partial charge in [0.15, 0.2) is 0 Å². The van der Waals surface area contributed by atoms with Gasteiger partial charge in [0.05, 0.1) is 0 Å². The van der Waals surface area contributed by atoms with Crippen molar-refractivity contribution in [2.24, 2.45) is 17.6 Å². The smallest absolute Gasteiger partial charge is 0.125 e. The lowest BCUT2D eigenvalue weighted by Crippen LogP contribution is -2.42. The summed E-state index contributed by atoms with van der Waals surface area (Å²) in [5.41, 5.74) is 4.43. The molecule has 3 unspecified atom stereocenters. The normalized spacial score (nSPS) is 34.2. The fraction of sp³-hybridized carbons (Fsp3) is 1.00. The zero-order valence-electron chi connectivity index (χ0n) is 8.85. The molecule has 78 valence electrons. The summed E-state index contributed by atoms with van der Waals surface area (Å²) in [4.78, 5) is 0. The molecule has 3 atom stereocenters. The van der Waals surface area contributed by atoms with Gasteiger partial charge in [-0.25, -0.2) is 4.39 Å². The predicted octanol–water partition coefficient (Wildman–Crippen LogP) is 2.89. The van der Waals surface area contributed by atoms with Gasteiger partial charge in [-0.3, -0.25) is 0 Å². The molecule has 1 saturated carbocycles. The summed E-state index contributed by atoms with van der Waals surface area (Å²) in [6.45, 7) is 4.33. The Balaban J connectivity index is 2.57. The number of hydrogen-bond acceptors (Lipinski definition) is 1. The molecule has 0 aromatic heterocycles. The Morgan fingerprint density at radius 3 is 2.62 bits per heavy atom. The van der Waals surface area contributed by atoms with Crippen molar-refractivity contribution in [1.29, 1.82) is 0 Å². The molecule has 0 heterocycles. The molecule has 1 fully saturated rings. The van der Waals surface area contributed by atoms with Crippen molar-refractivity contribution in [3.8, 4) is 0 Å². The average Bonchev–Trinajstić information content (AvgIpc) is 2.17. The van der Waals surface area contributed by atoms with Crippen molar-refractivity contribution in [2.75, 3.05) is 6.54 Å². The van der Waals surface area contributed by atoms with Crippen LogP contribution in [0.2, 0.25) is 0 Å². The van der Waals surface area contributed by atoms with E-state index in [-0.39, 0.29) is 12.5 Å². The monoisotopic (exact) mass is 187 g/mol. The van der Waals surface area contributed by atoms with Crippen LogP contribution in [0.1, 0.15) is 46.0 Å². The topological polar surface area (TPSA) is 26.0 Å². The molecule has 1 aliphatic carbocycles. The third-order valence-corrected chi connectivity index (χ3v) is 3.60. The molecule has 0 spiro atoms. The van der Waals surface area contributed by atoms with Gasteiger partial charge in [-0.05, 0) is 31.1 Å². The average molecular weight is 187 g/mol. The maximum atomic E-state index is 14.2. The van der Waals surface area contributed by atoms with Crippen LogP contribution in [0, 0.1) is 11.8 Å². The van der Waals surface area contributed by atoms with Crippen LogP contribution in [-0.2, 0) is 0 Å². The molecule has 0 radical (unpaired) electrons. The lowest BCUT2D eigenvalue weighted by Gasteiger charge is -2.37. The molecule has 0 saturated heterocycles. The Hall–Kier alpha value is -0.110. The molecular weight excluding hydrogens is 165 g/mol. The molecule has 1 nitrogen and oxygen atoms in total. The van der Waals surface area contributed by atoms with Gasteiger partial charge in [-0.1, -0.05) is 26.7 Å². The van der Waals surface area contributed by atoms with Gasteiger partial charge in [0, 0.05) is 6.54 Å². The predicted molar refractivity (Wildman–Crippen MR) is 54.3 cm³/mol. The van der Waals surface area contributed by atoms with E-state index in [1.165, 1.54) is 12.8 Å². The Labute approximate surface area is 80.9 Å². The third-order valence-electron chi connectivity index (χ3n) is 3.60. The number of alkyl halides is 1. The summed E-state index contributed by atoms with van der Waals surface area (Å²) in [5.74, 6) is 0.901. The van der Waals surface area contributed by atoms with Crippen LogP contribution in [-0.4, -0.2) is 12.2 Å². The van der Waals surface area contributed by atoms with Crippen LogP contribution in [0.15, 0.2) is 0 Å². The van der Waals surface area contributed by atoms with Crippen molar-refractivity contribution < 1.29 is 4.39 Å². The summed E-state index contributed by atoms with van der Waals surface area (Å²) in [6, 6.07) is 0. The first-order valence-electron chi connectivity index (χ1n) is 5.51.